The largest absolute Gasteiger partial charge is 0.331 e. The summed E-state index contributed by atoms with van der Waals surface area (Å²) in [6.07, 6.45) is 3.80. The van der Waals surface area contributed by atoms with Gasteiger partial charge in [-0.15, -0.1) is 10.2 Å². The smallest absolute Gasteiger partial charge is 0.228 e. The van der Waals surface area contributed by atoms with Gasteiger partial charge in [0.15, 0.2) is 5.82 Å². The van der Waals surface area contributed by atoms with Crippen molar-refractivity contribution >= 4 is 22.6 Å². The SMILES string of the molecule is Cc1ncc(-c2ccc3nnc(NC(=O)C4CC4)cc3c2)n1C. The van der Waals surface area contributed by atoms with Crippen molar-refractivity contribution in [1.82, 2.24) is 19.7 Å². The van der Waals surface area contributed by atoms with Crippen LogP contribution in [0.1, 0.15) is 18.7 Å². The van der Waals surface area contributed by atoms with Crippen LogP contribution in [0, 0.1) is 12.8 Å². The number of imidazole rings is 1. The molecule has 6 heteroatoms. The Morgan fingerprint density at radius 2 is 2.09 bits per heavy atom. The summed E-state index contributed by atoms with van der Waals surface area (Å²) < 4.78 is 2.05. The second-order valence-corrected chi connectivity index (χ2v) is 6.02. The minimum Gasteiger partial charge on any atom is -0.331 e. The molecule has 0 unspecified atom stereocenters. The van der Waals surface area contributed by atoms with E-state index in [4.69, 9.17) is 0 Å². The molecule has 6 nitrogen and oxygen atoms in total. The van der Waals surface area contributed by atoms with E-state index in [0.717, 1.165) is 40.8 Å². The van der Waals surface area contributed by atoms with Crippen molar-refractivity contribution in [2.75, 3.05) is 5.32 Å². The number of aryl methyl sites for hydroxylation is 1. The van der Waals surface area contributed by atoms with Gasteiger partial charge < -0.3 is 9.88 Å². The summed E-state index contributed by atoms with van der Waals surface area (Å²) in [5.74, 6) is 1.66. The molecule has 1 aromatic carbocycles. The fourth-order valence-corrected chi connectivity index (χ4v) is 2.61. The van der Waals surface area contributed by atoms with Crippen LogP contribution in [-0.4, -0.2) is 25.7 Å². The van der Waals surface area contributed by atoms with E-state index in [9.17, 15) is 4.79 Å². The molecular formula is C17H17N5O. The number of rotatable bonds is 3. The highest BCUT2D eigenvalue weighted by molar-refractivity contribution is 5.95. The lowest BCUT2D eigenvalue weighted by molar-refractivity contribution is -0.117. The second kappa shape index (κ2) is 5.15. The van der Waals surface area contributed by atoms with Crippen molar-refractivity contribution in [3.05, 3.63) is 36.3 Å². The third kappa shape index (κ3) is 2.56. The summed E-state index contributed by atoms with van der Waals surface area (Å²) in [6.45, 7) is 1.97. The molecule has 1 amide bonds. The fraction of sp³-hybridized carbons (Fsp3) is 0.294. The molecule has 2 aromatic heterocycles. The van der Waals surface area contributed by atoms with Crippen LogP contribution in [0.2, 0.25) is 0 Å². The molecule has 0 aliphatic heterocycles. The van der Waals surface area contributed by atoms with Gasteiger partial charge in [0.25, 0.3) is 0 Å². The van der Waals surface area contributed by atoms with E-state index in [1.165, 1.54) is 0 Å². The molecule has 1 N–H and O–H groups in total. The molecule has 0 spiro atoms. The second-order valence-electron chi connectivity index (χ2n) is 6.02. The minimum atomic E-state index is 0.0389. The van der Waals surface area contributed by atoms with E-state index >= 15 is 0 Å². The predicted molar refractivity (Wildman–Crippen MR) is 87.8 cm³/mol. The van der Waals surface area contributed by atoms with Crippen molar-refractivity contribution in [3.63, 3.8) is 0 Å². The number of hydrogen-bond donors (Lipinski definition) is 1. The van der Waals surface area contributed by atoms with Crippen molar-refractivity contribution in [1.29, 1.82) is 0 Å². The molecule has 4 rings (SSSR count). The molecule has 0 atom stereocenters. The maximum absolute atomic E-state index is 11.9. The average Bonchev–Trinajstić information content (AvgIpc) is 3.34. The zero-order valence-electron chi connectivity index (χ0n) is 13.1. The number of hydrogen-bond acceptors (Lipinski definition) is 4. The topological polar surface area (TPSA) is 72.7 Å². The number of anilines is 1. The van der Waals surface area contributed by atoms with Crippen LogP contribution in [0.3, 0.4) is 0 Å². The lowest BCUT2D eigenvalue weighted by Gasteiger charge is -2.07. The maximum atomic E-state index is 11.9. The zero-order valence-corrected chi connectivity index (χ0v) is 13.1. The molecule has 23 heavy (non-hydrogen) atoms. The van der Waals surface area contributed by atoms with E-state index in [-0.39, 0.29) is 11.8 Å². The summed E-state index contributed by atoms with van der Waals surface area (Å²) in [5, 5.41) is 12.1. The van der Waals surface area contributed by atoms with E-state index in [1.54, 1.807) is 0 Å². The molecule has 1 aliphatic rings. The highest BCUT2D eigenvalue weighted by atomic mass is 16.2. The van der Waals surface area contributed by atoms with Gasteiger partial charge in [-0.2, -0.15) is 0 Å². The third-order valence-electron chi connectivity index (χ3n) is 4.30. The molecular weight excluding hydrogens is 290 g/mol. The molecule has 116 valence electrons. The van der Waals surface area contributed by atoms with Gasteiger partial charge in [-0.05, 0) is 38.0 Å². The lowest BCUT2D eigenvalue weighted by atomic mass is 10.1. The summed E-state index contributed by atoms with van der Waals surface area (Å²) in [5.41, 5.74) is 2.91. The molecule has 1 aliphatic carbocycles. The van der Waals surface area contributed by atoms with Gasteiger partial charge >= 0.3 is 0 Å². The fourth-order valence-electron chi connectivity index (χ4n) is 2.61. The molecule has 0 radical (unpaired) electrons. The van der Waals surface area contributed by atoms with Crippen LogP contribution in [0.4, 0.5) is 5.82 Å². The van der Waals surface area contributed by atoms with Crippen LogP contribution in [0.25, 0.3) is 22.2 Å². The highest BCUT2D eigenvalue weighted by Crippen LogP contribution is 2.30. The highest BCUT2D eigenvalue weighted by Gasteiger charge is 2.29. The molecule has 1 saturated carbocycles. The van der Waals surface area contributed by atoms with Crippen molar-refractivity contribution in [3.8, 4) is 11.3 Å². The number of fused-ring (bicyclic) bond motifs is 1. The van der Waals surface area contributed by atoms with Crippen LogP contribution in [-0.2, 0) is 11.8 Å². The molecule has 0 bridgehead atoms. The molecule has 3 aromatic rings. The van der Waals surface area contributed by atoms with E-state index in [0.29, 0.717) is 5.82 Å². The summed E-state index contributed by atoms with van der Waals surface area (Å²) in [7, 11) is 1.99. The normalized spacial score (nSPS) is 14.2. The van der Waals surface area contributed by atoms with E-state index in [1.807, 2.05) is 49.0 Å². The first kappa shape index (κ1) is 13.9. The van der Waals surface area contributed by atoms with Gasteiger partial charge in [-0.3, -0.25) is 4.79 Å². The van der Waals surface area contributed by atoms with Gasteiger partial charge in [0.1, 0.15) is 5.82 Å². The van der Waals surface area contributed by atoms with Gasteiger partial charge in [-0.1, -0.05) is 6.07 Å². The number of benzene rings is 1. The lowest BCUT2D eigenvalue weighted by Crippen LogP contribution is -2.14. The number of aromatic nitrogens is 4. The average molecular weight is 307 g/mol. The number of carbonyl (C=O) groups is 1. The minimum absolute atomic E-state index is 0.0389. The van der Waals surface area contributed by atoms with E-state index in [2.05, 4.69) is 20.5 Å². The maximum Gasteiger partial charge on any atom is 0.228 e. The number of amides is 1. The predicted octanol–water partition coefficient (Wildman–Crippen LogP) is 2.69. The first-order valence-electron chi connectivity index (χ1n) is 7.69. The number of nitrogens with zero attached hydrogens (tertiary/aromatic N) is 4. The van der Waals surface area contributed by atoms with Crippen molar-refractivity contribution in [2.45, 2.75) is 19.8 Å². The van der Waals surface area contributed by atoms with Crippen LogP contribution in [0.15, 0.2) is 30.5 Å². The summed E-state index contributed by atoms with van der Waals surface area (Å²) in [6, 6.07) is 7.87. The number of nitrogens with one attached hydrogen (secondary N) is 1. The first-order chi connectivity index (χ1) is 11.1. The molecule has 1 fully saturated rings. The van der Waals surface area contributed by atoms with Gasteiger partial charge in [0, 0.05) is 23.9 Å². The Bertz CT molecular complexity index is 910. The van der Waals surface area contributed by atoms with Gasteiger partial charge in [0.05, 0.1) is 17.4 Å². The summed E-state index contributed by atoms with van der Waals surface area (Å²) >= 11 is 0. The zero-order chi connectivity index (χ0) is 16.0. The standard InChI is InChI=1S/C17H17N5O/c1-10-18-9-15(22(10)2)12-5-6-14-13(7-12)8-16(21-20-14)19-17(23)11-3-4-11/h5-9,11H,3-4H2,1-2H3,(H,19,21,23). The molecule has 2 heterocycles. The quantitative estimate of drug-likeness (QED) is 0.807. The van der Waals surface area contributed by atoms with E-state index < -0.39 is 0 Å². The Kier molecular flexibility index (Phi) is 3.11. The Morgan fingerprint density at radius 3 is 2.78 bits per heavy atom. The van der Waals surface area contributed by atoms with Gasteiger partial charge in [-0.25, -0.2) is 4.98 Å². The summed E-state index contributed by atoms with van der Waals surface area (Å²) in [4.78, 5) is 16.2. The number of carbonyl (C=O) groups excluding carboxylic acids is 1. The third-order valence-corrected chi connectivity index (χ3v) is 4.30. The van der Waals surface area contributed by atoms with Crippen molar-refractivity contribution < 1.29 is 4.79 Å². The van der Waals surface area contributed by atoms with Crippen LogP contribution < -0.4 is 5.32 Å². The monoisotopic (exact) mass is 307 g/mol. The molecule has 0 saturated heterocycles. The van der Waals surface area contributed by atoms with Gasteiger partial charge in [0.2, 0.25) is 5.91 Å². The Labute approximate surface area is 133 Å². The Balaban J connectivity index is 1.71. The Hall–Kier alpha value is -2.76. The van der Waals surface area contributed by atoms with Crippen molar-refractivity contribution in [2.24, 2.45) is 13.0 Å². The Morgan fingerprint density at radius 1 is 1.26 bits per heavy atom. The van der Waals surface area contributed by atoms with Crippen LogP contribution in [0.5, 0.6) is 0 Å². The first-order valence-corrected chi connectivity index (χ1v) is 7.69. The van der Waals surface area contributed by atoms with Crippen LogP contribution >= 0.6 is 0 Å².